The SMILES string of the molecule is CCCCCCCCCCCCCCCCCCCC(=O)OC[C@H](COP(=O)(O)OC[C@@H](O)COP(=O)(O)OC[C@@H](COC(=O)CCCCCCCCC(C)CC)OC(=O)CCCCCCCCC(C)CC)OC(=O)CCCCCCCCCCCCCCCCCCC. The fourth-order valence-corrected chi connectivity index (χ4v) is 13.0. The van der Waals surface area contributed by atoms with Crippen molar-refractivity contribution in [2.75, 3.05) is 39.6 Å². The second kappa shape index (κ2) is 66.9. The zero-order chi connectivity index (χ0) is 69.3. The molecule has 0 aromatic carbocycles. The first-order valence-corrected chi connectivity index (χ1v) is 42.1. The molecular formula is C75H146O17P2. The number of aliphatic hydroxyl groups is 1. The molecule has 19 heteroatoms. The summed E-state index contributed by atoms with van der Waals surface area (Å²) in [5.74, 6) is -0.670. The second-order valence-electron chi connectivity index (χ2n) is 27.5. The van der Waals surface area contributed by atoms with Gasteiger partial charge in [0.1, 0.15) is 19.3 Å². The van der Waals surface area contributed by atoms with Gasteiger partial charge < -0.3 is 33.8 Å². The number of unbranched alkanes of at least 4 members (excludes halogenated alkanes) is 42. The van der Waals surface area contributed by atoms with E-state index in [-0.39, 0.29) is 25.7 Å². The van der Waals surface area contributed by atoms with Crippen molar-refractivity contribution >= 4 is 39.5 Å². The van der Waals surface area contributed by atoms with Crippen LogP contribution in [0.15, 0.2) is 0 Å². The topological polar surface area (TPSA) is 237 Å². The minimum atomic E-state index is -4.96. The smallest absolute Gasteiger partial charge is 0.462 e. The molecule has 0 aliphatic heterocycles. The van der Waals surface area contributed by atoms with Gasteiger partial charge in [0.15, 0.2) is 12.2 Å². The highest BCUT2D eigenvalue weighted by molar-refractivity contribution is 7.47. The number of hydrogen-bond acceptors (Lipinski definition) is 15. The third kappa shape index (κ3) is 66.0. The third-order valence-corrected chi connectivity index (χ3v) is 20.1. The molecule has 0 fully saturated rings. The maximum absolute atomic E-state index is 13.1. The molecule has 0 bridgehead atoms. The first-order valence-electron chi connectivity index (χ1n) is 39.1. The molecule has 17 nitrogen and oxygen atoms in total. The number of esters is 4. The van der Waals surface area contributed by atoms with E-state index in [4.69, 9.17) is 37.0 Å². The zero-order valence-electron chi connectivity index (χ0n) is 61.3. The van der Waals surface area contributed by atoms with Crippen molar-refractivity contribution in [3.05, 3.63) is 0 Å². The predicted octanol–water partition coefficient (Wildman–Crippen LogP) is 21.9. The Morgan fingerprint density at radius 3 is 0.755 bits per heavy atom. The fourth-order valence-electron chi connectivity index (χ4n) is 11.4. The molecule has 0 aliphatic rings. The Morgan fingerprint density at radius 1 is 0.298 bits per heavy atom. The van der Waals surface area contributed by atoms with Gasteiger partial charge >= 0.3 is 39.5 Å². The molecule has 0 rings (SSSR count). The Bertz CT molecular complexity index is 1820. The summed E-state index contributed by atoms with van der Waals surface area (Å²) in [6.07, 6.45) is 54.2. The molecule has 7 atom stereocenters. The number of phosphoric acid groups is 2. The number of phosphoric ester groups is 2. The van der Waals surface area contributed by atoms with Crippen molar-refractivity contribution in [3.63, 3.8) is 0 Å². The van der Waals surface area contributed by atoms with Crippen LogP contribution in [0.3, 0.4) is 0 Å². The van der Waals surface area contributed by atoms with E-state index in [9.17, 15) is 43.2 Å². The average molecular weight is 1380 g/mol. The summed E-state index contributed by atoms with van der Waals surface area (Å²) < 4.78 is 68.5. The van der Waals surface area contributed by atoms with E-state index >= 15 is 0 Å². The van der Waals surface area contributed by atoms with Gasteiger partial charge in [-0.1, -0.05) is 337 Å². The standard InChI is InChI=1S/C75H146O17P2/c1-7-11-13-15-17-19-21-23-25-27-29-31-33-35-37-45-51-57-72(77)85-63-70(91-74(79)59-53-47-38-36-34-32-30-28-26-24-22-20-18-16-14-12-8-2)65-89-93(81,82)87-61-69(76)62-88-94(83,84)90-66-71(92-75(80)60-54-48-42-40-44-50-56-68(6)10-4)64-86-73(78)58-52-46-41-39-43-49-55-67(5)9-3/h67-71,76H,7-66H2,1-6H3,(H,81,82)(H,83,84)/t67?,68?,69-,70-,71-/m1/s1. The summed E-state index contributed by atoms with van der Waals surface area (Å²) in [6.45, 7) is 9.50. The van der Waals surface area contributed by atoms with Gasteiger partial charge in [-0.25, -0.2) is 9.13 Å². The van der Waals surface area contributed by atoms with E-state index < -0.39 is 97.5 Å². The minimum Gasteiger partial charge on any atom is -0.462 e. The largest absolute Gasteiger partial charge is 0.472 e. The molecule has 0 aromatic heterocycles. The third-order valence-electron chi connectivity index (χ3n) is 18.2. The lowest BCUT2D eigenvalue weighted by Gasteiger charge is -2.21. The van der Waals surface area contributed by atoms with E-state index in [1.54, 1.807) is 0 Å². The summed E-state index contributed by atoms with van der Waals surface area (Å²) in [6, 6.07) is 0. The van der Waals surface area contributed by atoms with Crippen LogP contribution >= 0.6 is 15.6 Å². The number of carbonyl (C=O) groups is 4. The predicted molar refractivity (Wildman–Crippen MR) is 381 cm³/mol. The van der Waals surface area contributed by atoms with Gasteiger partial charge in [-0.3, -0.25) is 37.3 Å². The van der Waals surface area contributed by atoms with Gasteiger partial charge in [0.2, 0.25) is 0 Å². The molecule has 4 unspecified atom stereocenters. The highest BCUT2D eigenvalue weighted by Gasteiger charge is 2.30. The van der Waals surface area contributed by atoms with Crippen molar-refractivity contribution in [1.82, 2.24) is 0 Å². The molecule has 0 radical (unpaired) electrons. The Hall–Kier alpha value is -1.94. The molecule has 0 heterocycles. The second-order valence-corrected chi connectivity index (χ2v) is 30.4. The van der Waals surface area contributed by atoms with Crippen molar-refractivity contribution in [3.8, 4) is 0 Å². The Balaban J connectivity index is 5.23. The van der Waals surface area contributed by atoms with Crippen LogP contribution in [0.25, 0.3) is 0 Å². The maximum atomic E-state index is 13.1. The molecule has 0 aromatic rings. The Labute approximate surface area is 575 Å². The average Bonchev–Trinajstić information content (AvgIpc) is 1.52. The quantitative estimate of drug-likeness (QED) is 0.0222. The molecule has 0 spiro atoms. The number of carbonyl (C=O) groups excluding carboxylic acids is 4. The van der Waals surface area contributed by atoms with Crippen molar-refractivity contribution in [2.24, 2.45) is 11.8 Å². The van der Waals surface area contributed by atoms with Gasteiger partial charge in [-0.05, 0) is 37.5 Å². The lowest BCUT2D eigenvalue weighted by molar-refractivity contribution is -0.161. The lowest BCUT2D eigenvalue weighted by Crippen LogP contribution is -2.30. The Morgan fingerprint density at radius 2 is 0.511 bits per heavy atom. The van der Waals surface area contributed by atoms with Gasteiger partial charge in [0.25, 0.3) is 0 Å². The van der Waals surface area contributed by atoms with Crippen LogP contribution in [-0.4, -0.2) is 96.7 Å². The van der Waals surface area contributed by atoms with Crippen LogP contribution in [0.5, 0.6) is 0 Å². The molecule has 0 saturated carbocycles. The monoisotopic (exact) mass is 1380 g/mol. The van der Waals surface area contributed by atoms with Crippen molar-refractivity contribution < 1.29 is 80.2 Å². The minimum absolute atomic E-state index is 0.102. The van der Waals surface area contributed by atoms with Crippen molar-refractivity contribution in [2.45, 2.75) is 407 Å². The summed E-state index contributed by atoms with van der Waals surface area (Å²) in [7, 11) is -9.91. The molecule has 0 amide bonds. The number of aliphatic hydroxyl groups excluding tert-OH is 1. The highest BCUT2D eigenvalue weighted by Crippen LogP contribution is 2.45. The van der Waals surface area contributed by atoms with E-state index in [0.29, 0.717) is 25.7 Å². The van der Waals surface area contributed by atoms with Gasteiger partial charge in [-0.15, -0.1) is 0 Å². The summed E-state index contributed by atoms with van der Waals surface area (Å²) in [4.78, 5) is 72.7. The van der Waals surface area contributed by atoms with E-state index in [1.807, 2.05) is 0 Å². The number of ether oxygens (including phenoxy) is 4. The summed E-state index contributed by atoms with van der Waals surface area (Å²) in [5, 5.41) is 10.6. The number of hydrogen-bond donors (Lipinski definition) is 3. The number of rotatable bonds is 74. The fraction of sp³-hybridized carbons (Fsp3) is 0.947. The van der Waals surface area contributed by atoms with E-state index in [0.717, 1.165) is 108 Å². The van der Waals surface area contributed by atoms with Crippen LogP contribution in [0, 0.1) is 11.8 Å². The van der Waals surface area contributed by atoms with E-state index in [1.165, 1.54) is 199 Å². The first-order chi connectivity index (χ1) is 45.4. The summed E-state index contributed by atoms with van der Waals surface area (Å²) in [5.41, 5.74) is 0. The van der Waals surface area contributed by atoms with Gasteiger partial charge in [0, 0.05) is 25.7 Å². The van der Waals surface area contributed by atoms with Crippen molar-refractivity contribution in [1.29, 1.82) is 0 Å². The molecule has 94 heavy (non-hydrogen) atoms. The highest BCUT2D eigenvalue weighted by atomic mass is 31.2. The molecule has 0 saturated heterocycles. The van der Waals surface area contributed by atoms with Crippen LogP contribution < -0.4 is 0 Å². The maximum Gasteiger partial charge on any atom is 0.472 e. The molecule has 558 valence electrons. The van der Waals surface area contributed by atoms with Gasteiger partial charge in [0.05, 0.1) is 26.4 Å². The molecule has 3 N–H and O–H groups in total. The lowest BCUT2D eigenvalue weighted by atomic mass is 10.00. The zero-order valence-corrected chi connectivity index (χ0v) is 63.1. The van der Waals surface area contributed by atoms with Crippen LogP contribution in [0.4, 0.5) is 0 Å². The van der Waals surface area contributed by atoms with E-state index in [2.05, 4.69) is 41.5 Å². The molecular weight excluding hydrogens is 1230 g/mol. The van der Waals surface area contributed by atoms with Crippen LogP contribution in [-0.2, 0) is 65.4 Å². The molecule has 0 aliphatic carbocycles. The van der Waals surface area contributed by atoms with Gasteiger partial charge in [-0.2, -0.15) is 0 Å². The van der Waals surface area contributed by atoms with Crippen LogP contribution in [0.1, 0.15) is 388 Å². The van der Waals surface area contributed by atoms with Crippen LogP contribution in [0.2, 0.25) is 0 Å². The normalized spacial score (nSPS) is 14.6. The Kier molecular flexibility index (Phi) is 65.5. The first kappa shape index (κ1) is 92.1. The summed E-state index contributed by atoms with van der Waals surface area (Å²) >= 11 is 0.